The van der Waals surface area contributed by atoms with Crippen LogP contribution in [0.3, 0.4) is 0 Å². The molecule has 1 aromatic heterocycles. The Kier molecular flexibility index (Phi) is 3.80. The molecule has 0 radical (unpaired) electrons. The Labute approximate surface area is 115 Å². The summed E-state index contributed by atoms with van der Waals surface area (Å²) >= 11 is 0. The lowest BCUT2D eigenvalue weighted by molar-refractivity contribution is 0.102. The van der Waals surface area contributed by atoms with Gasteiger partial charge in [-0.15, -0.1) is 0 Å². The minimum absolute atomic E-state index is 0.00949. The number of sulfone groups is 1. The van der Waals surface area contributed by atoms with Crippen LogP contribution in [0.2, 0.25) is 0 Å². The Morgan fingerprint density at radius 2 is 1.85 bits per heavy atom. The molecule has 0 unspecified atom stereocenters. The van der Waals surface area contributed by atoms with Crippen LogP contribution in [0.15, 0.2) is 47.4 Å². The van der Waals surface area contributed by atoms with E-state index in [0.717, 1.165) is 12.3 Å². The largest absolute Gasteiger partial charge is 0.319 e. The number of aromatic nitrogens is 1. The van der Waals surface area contributed by atoms with E-state index in [4.69, 9.17) is 0 Å². The summed E-state index contributed by atoms with van der Waals surface area (Å²) in [6.07, 6.45) is 1.04. The van der Waals surface area contributed by atoms with Gasteiger partial charge in [-0.1, -0.05) is 18.2 Å². The van der Waals surface area contributed by atoms with Crippen molar-refractivity contribution in [3.05, 3.63) is 54.1 Å². The Bertz CT molecular complexity index is 760. The number of nitrogens with one attached hydrogen (secondary N) is 1. The highest BCUT2D eigenvalue weighted by Gasteiger charge is 2.16. The zero-order valence-corrected chi connectivity index (χ0v) is 11.3. The average Bonchev–Trinajstić information content (AvgIpc) is 2.38. The molecule has 2 aromatic rings. The summed E-state index contributed by atoms with van der Waals surface area (Å²) in [5, 5.41) is 2.41. The minimum atomic E-state index is -3.48. The molecule has 7 heteroatoms. The van der Waals surface area contributed by atoms with E-state index < -0.39 is 21.7 Å². The maximum absolute atomic E-state index is 12.9. The standard InChI is InChI=1S/C13H11FN2O3S/c1-20(18,19)11-7-3-2-5-9(11)16-13(17)10-6-4-8-12(14)15-10/h2-8H,1H3,(H,16,17). The molecule has 0 bridgehead atoms. The number of amides is 1. The van der Waals surface area contributed by atoms with Crippen molar-refractivity contribution in [3.63, 3.8) is 0 Å². The van der Waals surface area contributed by atoms with Gasteiger partial charge in [-0.05, 0) is 24.3 Å². The van der Waals surface area contributed by atoms with Crippen molar-refractivity contribution in [2.75, 3.05) is 11.6 Å². The normalized spacial score (nSPS) is 11.1. The van der Waals surface area contributed by atoms with E-state index in [0.29, 0.717) is 0 Å². The predicted molar refractivity (Wildman–Crippen MR) is 71.7 cm³/mol. The van der Waals surface area contributed by atoms with Gasteiger partial charge in [0.15, 0.2) is 9.84 Å². The first-order chi connectivity index (χ1) is 9.38. The molecule has 2 rings (SSSR count). The van der Waals surface area contributed by atoms with Gasteiger partial charge in [-0.3, -0.25) is 4.79 Å². The van der Waals surface area contributed by atoms with E-state index in [1.165, 1.54) is 24.3 Å². The summed E-state index contributed by atoms with van der Waals surface area (Å²) in [5.74, 6) is -1.46. The lowest BCUT2D eigenvalue weighted by Crippen LogP contribution is -2.16. The number of benzene rings is 1. The zero-order chi connectivity index (χ0) is 14.8. The SMILES string of the molecule is CS(=O)(=O)c1ccccc1NC(=O)c1cccc(F)n1. The van der Waals surface area contributed by atoms with Crippen molar-refractivity contribution >= 4 is 21.4 Å². The van der Waals surface area contributed by atoms with Crippen LogP contribution in [0.25, 0.3) is 0 Å². The van der Waals surface area contributed by atoms with E-state index in [1.807, 2.05) is 0 Å². The number of hydrogen-bond donors (Lipinski definition) is 1. The second kappa shape index (κ2) is 5.38. The van der Waals surface area contributed by atoms with Gasteiger partial charge in [-0.25, -0.2) is 13.4 Å². The van der Waals surface area contributed by atoms with Crippen LogP contribution in [0.1, 0.15) is 10.5 Å². The summed E-state index contributed by atoms with van der Waals surface area (Å²) in [6, 6.07) is 9.76. The number of nitrogens with zero attached hydrogens (tertiary/aromatic N) is 1. The third kappa shape index (κ3) is 3.18. The number of carbonyl (C=O) groups is 1. The number of rotatable bonds is 3. The second-order valence-electron chi connectivity index (χ2n) is 4.07. The molecule has 0 aliphatic rings. The molecule has 0 fully saturated rings. The molecule has 0 saturated carbocycles. The molecule has 0 atom stereocenters. The highest BCUT2D eigenvalue weighted by Crippen LogP contribution is 2.21. The average molecular weight is 294 g/mol. The molecule has 1 N–H and O–H groups in total. The molecule has 20 heavy (non-hydrogen) atoms. The lowest BCUT2D eigenvalue weighted by Gasteiger charge is -2.09. The Hall–Kier alpha value is -2.28. The first kappa shape index (κ1) is 14.1. The summed E-state index contributed by atoms with van der Waals surface area (Å²) in [4.78, 5) is 15.3. The van der Waals surface area contributed by atoms with E-state index in [1.54, 1.807) is 12.1 Å². The highest BCUT2D eigenvalue weighted by atomic mass is 32.2. The third-order valence-corrected chi connectivity index (χ3v) is 3.64. The molecule has 0 spiro atoms. The molecular formula is C13H11FN2O3S. The number of hydrogen-bond acceptors (Lipinski definition) is 4. The second-order valence-corrected chi connectivity index (χ2v) is 6.05. The molecule has 0 saturated heterocycles. The number of anilines is 1. The van der Waals surface area contributed by atoms with Gasteiger partial charge >= 0.3 is 0 Å². The van der Waals surface area contributed by atoms with Gasteiger partial charge in [0.2, 0.25) is 5.95 Å². The van der Waals surface area contributed by atoms with Gasteiger partial charge in [0.25, 0.3) is 5.91 Å². The minimum Gasteiger partial charge on any atom is -0.319 e. The van der Waals surface area contributed by atoms with Crippen molar-refractivity contribution < 1.29 is 17.6 Å². The van der Waals surface area contributed by atoms with Gasteiger partial charge in [0.1, 0.15) is 5.69 Å². The van der Waals surface area contributed by atoms with Crippen LogP contribution >= 0.6 is 0 Å². The Morgan fingerprint density at radius 1 is 1.15 bits per heavy atom. The molecule has 0 aliphatic heterocycles. The molecule has 5 nitrogen and oxygen atoms in total. The van der Waals surface area contributed by atoms with Gasteiger partial charge < -0.3 is 5.32 Å². The summed E-state index contributed by atoms with van der Waals surface area (Å²) in [6.45, 7) is 0. The summed E-state index contributed by atoms with van der Waals surface area (Å²) in [7, 11) is -3.48. The number of pyridine rings is 1. The van der Waals surface area contributed by atoms with Gasteiger partial charge in [-0.2, -0.15) is 4.39 Å². The number of para-hydroxylation sites is 1. The Morgan fingerprint density at radius 3 is 2.50 bits per heavy atom. The number of carbonyl (C=O) groups excluding carboxylic acids is 1. The fourth-order valence-corrected chi connectivity index (χ4v) is 2.46. The van der Waals surface area contributed by atoms with Crippen LogP contribution in [0, 0.1) is 5.95 Å². The van der Waals surface area contributed by atoms with Crippen LogP contribution in [0.4, 0.5) is 10.1 Å². The van der Waals surface area contributed by atoms with Crippen molar-refractivity contribution in [2.45, 2.75) is 4.90 Å². The third-order valence-electron chi connectivity index (χ3n) is 2.48. The van der Waals surface area contributed by atoms with E-state index >= 15 is 0 Å². The molecule has 1 amide bonds. The molecule has 104 valence electrons. The maximum Gasteiger partial charge on any atom is 0.274 e. The summed E-state index contributed by atoms with van der Waals surface area (Å²) < 4.78 is 36.1. The van der Waals surface area contributed by atoms with Crippen LogP contribution in [0.5, 0.6) is 0 Å². The fraction of sp³-hybridized carbons (Fsp3) is 0.0769. The van der Waals surface area contributed by atoms with Crippen LogP contribution in [-0.4, -0.2) is 25.6 Å². The monoisotopic (exact) mass is 294 g/mol. The van der Waals surface area contributed by atoms with Crippen LogP contribution < -0.4 is 5.32 Å². The fourth-order valence-electron chi connectivity index (χ4n) is 1.61. The first-order valence-corrected chi connectivity index (χ1v) is 7.50. The van der Waals surface area contributed by atoms with E-state index in [-0.39, 0.29) is 16.3 Å². The van der Waals surface area contributed by atoms with E-state index in [2.05, 4.69) is 10.3 Å². The van der Waals surface area contributed by atoms with E-state index in [9.17, 15) is 17.6 Å². The molecule has 1 aromatic carbocycles. The zero-order valence-electron chi connectivity index (χ0n) is 10.5. The molecule has 0 aliphatic carbocycles. The van der Waals surface area contributed by atoms with Crippen molar-refractivity contribution in [1.29, 1.82) is 0 Å². The smallest absolute Gasteiger partial charge is 0.274 e. The molecular weight excluding hydrogens is 283 g/mol. The van der Waals surface area contributed by atoms with Gasteiger partial charge in [0, 0.05) is 6.26 Å². The topological polar surface area (TPSA) is 76.1 Å². The van der Waals surface area contributed by atoms with Crippen LogP contribution in [-0.2, 0) is 9.84 Å². The number of halogens is 1. The highest BCUT2D eigenvalue weighted by molar-refractivity contribution is 7.90. The van der Waals surface area contributed by atoms with Crippen molar-refractivity contribution in [3.8, 4) is 0 Å². The predicted octanol–water partition coefficient (Wildman–Crippen LogP) is 1.88. The van der Waals surface area contributed by atoms with Crippen molar-refractivity contribution in [2.24, 2.45) is 0 Å². The van der Waals surface area contributed by atoms with Crippen molar-refractivity contribution in [1.82, 2.24) is 4.98 Å². The quantitative estimate of drug-likeness (QED) is 0.877. The Balaban J connectivity index is 2.34. The van der Waals surface area contributed by atoms with Gasteiger partial charge in [0.05, 0.1) is 10.6 Å². The maximum atomic E-state index is 12.9. The summed E-state index contributed by atoms with van der Waals surface area (Å²) in [5.41, 5.74) is -0.000588. The lowest BCUT2D eigenvalue weighted by atomic mass is 10.3. The molecule has 1 heterocycles. The first-order valence-electron chi connectivity index (χ1n) is 5.61.